The van der Waals surface area contributed by atoms with E-state index in [1.807, 2.05) is 56.3 Å². The van der Waals surface area contributed by atoms with Crippen LogP contribution in [0, 0.1) is 0 Å². The summed E-state index contributed by atoms with van der Waals surface area (Å²) in [5.74, 6) is -0.919. The SMILES string of the molecule is CCCC[C@H](NC(=O)OC)C(=O)NC[C@@H](O)CN(Cc1ccc(-c2ccccn2)cc1)NC(=O)[C@H](CCCC)NC(=O)OC. The molecule has 0 bridgehead atoms. The van der Waals surface area contributed by atoms with E-state index < -0.39 is 42.2 Å². The highest BCUT2D eigenvalue weighted by molar-refractivity contribution is 5.86. The van der Waals surface area contributed by atoms with Gasteiger partial charge in [0.15, 0.2) is 0 Å². The molecule has 5 N–H and O–H groups in total. The number of hydrogen-bond donors (Lipinski definition) is 5. The molecule has 1 heterocycles. The second-order valence-electron chi connectivity index (χ2n) is 10.3. The summed E-state index contributed by atoms with van der Waals surface area (Å²) in [5, 5.41) is 20.2. The van der Waals surface area contributed by atoms with Crippen molar-refractivity contribution in [2.24, 2.45) is 0 Å². The van der Waals surface area contributed by atoms with E-state index in [1.54, 1.807) is 6.20 Å². The Morgan fingerprint density at radius 2 is 1.45 bits per heavy atom. The van der Waals surface area contributed by atoms with Crippen molar-refractivity contribution in [2.45, 2.75) is 77.1 Å². The van der Waals surface area contributed by atoms with E-state index in [9.17, 15) is 24.3 Å². The van der Waals surface area contributed by atoms with Gasteiger partial charge in [0, 0.05) is 31.4 Å². The van der Waals surface area contributed by atoms with Gasteiger partial charge >= 0.3 is 12.2 Å². The van der Waals surface area contributed by atoms with Gasteiger partial charge in [-0.25, -0.2) is 14.6 Å². The number of pyridine rings is 1. The lowest BCUT2D eigenvalue weighted by molar-refractivity contribution is -0.129. The zero-order valence-electron chi connectivity index (χ0n) is 26.0. The molecule has 0 aliphatic rings. The van der Waals surface area contributed by atoms with Crippen molar-refractivity contribution >= 4 is 24.0 Å². The van der Waals surface area contributed by atoms with E-state index in [2.05, 4.69) is 35.8 Å². The zero-order chi connectivity index (χ0) is 32.3. The molecule has 0 spiro atoms. The molecule has 4 amide bonds. The van der Waals surface area contributed by atoms with Crippen molar-refractivity contribution in [3.8, 4) is 11.3 Å². The van der Waals surface area contributed by atoms with Crippen LogP contribution in [-0.2, 0) is 25.6 Å². The summed E-state index contributed by atoms with van der Waals surface area (Å²) in [6.45, 7) is 4.00. The van der Waals surface area contributed by atoms with E-state index >= 15 is 0 Å². The fourth-order valence-electron chi connectivity index (χ4n) is 4.34. The molecule has 44 heavy (non-hydrogen) atoms. The van der Waals surface area contributed by atoms with Gasteiger partial charge in [-0.1, -0.05) is 69.9 Å². The van der Waals surface area contributed by atoms with Gasteiger partial charge in [-0.3, -0.25) is 20.0 Å². The van der Waals surface area contributed by atoms with Crippen molar-refractivity contribution in [2.75, 3.05) is 27.3 Å². The Bertz CT molecular complexity index is 1170. The third kappa shape index (κ3) is 13.0. The van der Waals surface area contributed by atoms with E-state index in [0.29, 0.717) is 25.7 Å². The molecule has 1 aromatic carbocycles. The fraction of sp³-hybridized carbons (Fsp3) is 0.516. The first-order valence-electron chi connectivity index (χ1n) is 14.9. The van der Waals surface area contributed by atoms with Gasteiger partial charge in [-0.05, 0) is 30.5 Å². The number of methoxy groups -OCH3 is 2. The summed E-state index contributed by atoms with van der Waals surface area (Å²) in [4.78, 5) is 54.1. The van der Waals surface area contributed by atoms with Gasteiger partial charge in [0.05, 0.1) is 26.0 Å². The quantitative estimate of drug-likeness (QED) is 0.158. The number of amides is 4. The van der Waals surface area contributed by atoms with Crippen molar-refractivity contribution in [1.29, 1.82) is 0 Å². The summed E-state index contributed by atoms with van der Waals surface area (Å²) >= 11 is 0. The molecule has 0 aliphatic heterocycles. The molecule has 0 saturated heterocycles. The fourth-order valence-corrected chi connectivity index (χ4v) is 4.34. The van der Waals surface area contributed by atoms with Crippen LogP contribution in [-0.4, -0.2) is 84.6 Å². The Balaban J connectivity index is 2.16. The maximum Gasteiger partial charge on any atom is 0.407 e. The van der Waals surface area contributed by atoms with E-state index in [4.69, 9.17) is 0 Å². The Kier molecular flexibility index (Phi) is 16.2. The molecule has 0 fully saturated rings. The van der Waals surface area contributed by atoms with Crippen LogP contribution in [0.2, 0.25) is 0 Å². The number of aliphatic hydroxyl groups excluding tert-OH is 1. The van der Waals surface area contributed by atoms with Crippen molar-refractivity contribution in [1.82, 2.24) is 31.4 Å². The number of nitrogens with zero attached hydrogens (tertiary/aromatic N) is 2. The number of benzene rings is 1. The molecule has 242 valence electrons. The van der Waals surface area contributed by atoms with Crippen LogP contribution < -0.4 is 21.4 Å². The van der Waals surface area contributed by atoms with Crippen LogP contribution >= 0.6 is 0 Å². The number of carbonyl (C=O) groups excluding carboxylic acids is 4. The smallest absolute Gasteiger partial charge is 0.407 e. The highest BCUT2D eigenvalue weighted by Crippen LogP contribution is 2.17. The molecule has 3 atom stereocenters. The molecule has 2 rings (SSSR count). The van der Waals surface area contributed by atoms with Crippen molar-refractivity contribution in [3.63, 3.8) is 0 Å². The Morgan fingerprint density at radius 1 is 0.864 bits per heavy atom. The molecule has 0 unspecified atom stereocenters. The standard InChI is InChI=1S/C31H46N6O7/c1-5-7-11-26(34-30(41)43-3)28(39)33-19-24(38)21-37(36-29(40)27(12-8-6-2)35-31(42)44-4)20-22-14-16-23(17-15-22)25-13-9-10-18-32-25/h9-10,13-18,24,26-27,38H,5-8,11-12,19-21H2,1-4H3,(H,33,39)(H,34,41)(H,35,42)(H,36,40)/t24-,26+,27+/m1/s1. The topological polar surface area (TPSA) is 171 Å². The van der Waals surface area contributed by atoms with E-state index in [-0.39, 0.29) is 19.6 Å². The summed E-state index contributed by atoms with van der Waals surface area (Å²) < 4.78 is 9.32. The number of unbranched alkanes of at least 4 members (excludes halogenated alkanes) is 2. The molecular weight excluding hydrogens is 568 g/mol. The summed E-state index contributed by atoms with van der Waals surface area (Å²) in [6.07, 6.45) is 3.06. The monoisotopic (exact) mass is 614 g/mol. The molecule has 0 saturated carbocycles. The molecule has 2 aromatic rings. The first kappa shape index (κ1) is 36.0. The predicted molar refractivity (Wildman–Crippen MR) is 165 cm³/mol. The Hall–Kier alpha value is -4.23. The first-order valence-corrected chi connectivity index (χ1v) is 14.9. The van der Waals surface area contributed by atoms with Gasteiger partial charge in [0.2, 0.25) is 5.91 Å². The van der Waals surface area contributed by atoms with E-state index in [1.165, 1.54) is 19.2 Å². The van der Waals surface area contributed by atoms with E-state index in [0.717, 1.165) is 29.7 Å². The van der Waals surface area contributed by atoms with Crippen LogP contribution in [0.4, 0.5) is 9.59 Å². The zero-order valence-corrected chi connectivity index (χ0v) is 26.0. The first-order chi connectivity index (χ1) is 21.2. The van der Waals surface area contributed by atoms with Crippen molar-refractivity contribution < 1.29 is 33.8 Å². The van der Waals surface area contributed by atoms with Gasteiger partial charge in [-0.15, -0.1) is 0 Å². The lowest BCUT2D eigenvalue weighted by Crippen LogP contribution is -2.55. The predicted octanol–water partition coefficient (Wildman–Crippen LogP) is 2.89. The summed E-state index contributed by atoms with van der Waals surface area (Å²) in [6, 6.07) is 11.6. The molecule has 0 radical (unpaired) electrons. The minimum absolute atomic E-state index is 0.0449. The van der Waals surface area contributed by atoms with Gasteiger partial charge in [0.25, 0.3) is 5.91 Å². The number of ether oxygens (including phenoxy) is 2. The molecular formula is C31H46N6O7. The van der Waals surface area contributed by atoms with Crippen molar-refractivity contribution in [3.05, 3.63) is 54.2 Å². The average molecular weight is 615 g/mol. The molecule has 1 aromatic heterocycles. The second-order valence-corrected chi connectivity index (χ2v) is 10.3. The third-order valence-electron chi connectivity index (χ3n) is 6.78. The highest BCUT2D eigenvalue weighted by Gasteiger charge is 2.25. The Labute approximate surface area is 259 Å². The third-order valence-corrected chi connectivity index (χ3v) is 6.78. The number of alkyl carbamates (subject to hydrolysis) is 2. The van der Waals surface area contributed by atoms with Crippen LogP contribution in [0.1, 0.15) is 57.9 Å². The average Bonchev–Trinajstić information content (AvgIpc) is 3.04. The van der Waals surface area contributed by atoms with Crippen LogP contribution in [0.15, 0.2) is 48.7 Å². The lowest BCUT2D eigenvalue weighted by atomic mass is 10.1. The summed E-state index contributed by atoms with van der Waals surface area (Å²) in [7, 11) is 2.44. The number of aliphatic hydroxyl groups is 1. The normalized spacial score (nSPS) is 12.9. The second kappa shape index (κ2) is 19.9. The molecule has 0 aliphatic carbocycles. The highest BCUT2D eigenvalue weighted by atomic mass is 16.5. The summed E-state index contributed by atoms with van der Waals surface area (Å²) in [5.41, 5.74) is 5.41. The van der Waals surface area contributed by atoms with Gasteiger partial charge in [0.1, 0.15) is 12.1 Å². The number of carbonyl (C=O) groups is 4. The molecule has 13 heteroatoms. The largest absolute Gasteiger partial charge is 0.453 e. The number of hydrazine groups is 1. The number of rotatable bonds is 18. The number of hydrogen-bond acceptors (Lipinski definition) is 9. The van der Waals surface area contributed by atoms with Gasteiger partial charge < -0.3 is 30.5 Å². The number of nitrogens with one attached hydrogen (secondary N) is 4. The van der Waals surface area contributed by atoms with Gasteiger partial charge in [-0.2, -0.15) is 0 Å². The minimum Gasteiger partial charge on any atom is -0.453 e. The lowest BCUT2D eigenvalue weighted by Gasteiger charge is -2.28. The maximum atomic E-state index is 13.3. The van der Waals surface area contributed by atoms with Crippen LogP contribution in [0.5, 0.6) is 0 Å². The minimum atomic E-state index is -1.08. The van der Waals surface area contributed by atoms with Crippen LogP contribution in [0.25, 0.3) is 11.3 Å². The molecule has 13 nitrogen and oxygen atoms in total. The Morgan fingerprint density at radius 3 is 1.98 bits per heavy atom. The maximum absolute atomic E-state index is 13.3. The van der Waals surface area contributed by atoms with Crippen LogP contribution in [0.3, 0.4) is 0 Å². The number of aromatic nitrogens is 1.